The molecule has 1 N–H and O–H groups in total. The lowest BCUT2D eigenvalue weighted by atomic mass is 10.2. The summed E-state index contributed by atoms with van der Waals surface area (Å²) in [4.78, 5) is 24.2. The SMILES string of the molecule is CCC(CNc1cc(N2CCN(C)C(=O)C2)ncn1)Oc1ccccc1Cl. The first-order valence-corrected chi connectivity index (χ1v) is 9.40. The van der Waals surface area contributed by atoms with Gasteiger partial charge in [0, 0.05) is 26.2 Å². The molecule has 144 valence electrons. The van der Waals surface area contributed by atoms with Crippen LogP contribution in [0.2, 0.25) is 5.02 Å². The van der Waals surface area contributed by atoms with Crippen molar-refractivity contribution in [3.05, 3.63) is 41.7 Å². The molecule has 3 rings (SSSR count). The second-order valence-corrected chi connectivity index (χ2v) is 6.86. The summed E-state index contributed by atoms with van der Waals surface area (Å²) >= 11 is 6.17. The molecule has 1 saturated heterocycles. The third-order valence-electron chi connectivity index (χ3n) is 4.53. The third-order valence-corrected chi connectivity index (χ3v) is 4.84. The maximum absolute atomic E-state index is 11.9. The topological polar surface area (TPSA) is 70.6 Å². The Kier molecular flexibility index (Phi) is 6.34. The van der Waals surface area contributed by atoms with Crippen molar-refractivity contribution in [2.24, 2.45) is 0 Å². The van der Waals surface area contributed by atoms with E-state index >= 15 is 0 Å². The van der Waals surface area contributed by atoms with Crippen molar-refractivity contribution in [2.45, 2.75) is 19.4 Å². The number of hydrogen-bond acceptors (Lipinski definition) is 6. The zero-order chi connectivity index (χ0) is 19.2. The highest BCUT2D eigenvalue weighted by atomic mass is 35.5. The van der Waals surface area contributed by atoms with E-state index in [9.17, 15) is 4.79 Å². The van der Waals surface area contributed by atoms with Gasteiger partial charge in [-0.3, -0.25) is 4.79 Å². The summed E-state index contributed by atoms with van der Waals surface area (Å²) in [6.07, 6.45) is 2.29. The Morgan fingerprint density at radius 3 is 2.85 bits per heavy atom. The predicted molar refractivity (Wildman–Crippen MR) is 107 cm³/mol. The van der Waals surface area contributed by atoms with E-state index in [-0.39, 0.29) is 12.0 Å². The summed E-state index contributed by atoms with van der Waals surface area (Å²) in [7, 11) is 1.82. The molecule has 8 heteroatoms. The molecule has 1 atom stereocenters. The number of para-hydroxylation sites is 1. The van der Waals surface area contributed by atoms with Crippen molar-refractivity contribution < 1.29 is 9.53 Å². The number of piperazine rings is 1. The van der Waals surface area contributed by atoms with Gasteiger partial charge in [0.15, 0.2) is 0 Å². The van der Waals surface area contributed by atoms with Gasteiger partial charge in [-0.25, -0.2) is 9.97 Å². The summed E-state index contributed by atoms with van der Waals surface area (Å²) in [6, 6.07) is 9.30. The number of anilines is 2. The van der Waals surface area contributed by atoms with Crippen LogP contribution in [-0.2, 0) is 4.79 Å². The normalized spacial score (nSPS) is 15.6. The molecule has 1 aromatic carbocycles. The van der Waals surface area contributed by atoms with E-state index < -0.39 is 0 Å². The molecule has 27 heavy (non-hydrogen) atoms. The number of likely N-dealkylation sites (N-methyl/N-ethyl adjacent to an activating group) is 1. The molecule has 1 aliphatic rings. The monoisotopic (exact) mass is 389 g/mol. The van der Waals surface area contributed by atoms with Crippen LogP contribution in [0.25, 0.3) is 0 Å². The Morgan fingerprint density at radius 1 is 1.30 bits per heavy atom. The molecular formula is C19H24ClN5O2. The lowest BCUT2D eigenvalue weighted by molar-refractivity contribution is -0.129. The number of aromatic nitrogens is 2. The molecule has 1 unspecified atom stereocenters. The highest BCUT2D eigenvalue weighted by molar-refractivity contribution is 6.32. The van der Waals surface area contributed by atoms with Gasteiger partial charge in [0.05, 0.1) is 18.1 Å². The van der Waals surface area contributed by atoms with Gasteiger partial charge in [-0.15, -0.1) is 0 Å². The standard InChI is InChI=1S/C19H24ClN5O2/c1-3-14(27-16-7-5-4-6-15(16)20)11-21-17-10-18(23-13-22-17)25-9-8-24(2)19(26)12-25/h4-7,10,13-14H,3,8-9,11-12H2,1-2H3,(H,21,22,23). The van der Waals surface area contributed by atoms with Crippen molar-refractivity contribution in [2.75, 3.05) is 43.4 Å². The van der Waals surface area contributed by atoms with Crippen LogP contribution in [-0.4, -0.2) is 60.1 Å². The average Bonchev–Trinajstić information content (AvgIpc) is 2.69. The van der Waals surface area contributed by atoms with Crippen molar-refractivity contribution in [3.63, 3.8) is 0 Å². The van der Waals surface area contributed by atoms with E-state index in [1.54, 1.807) is 4.90 Å². The first kappa shape index (κ1) is 19.2. The summed E-state index contributed by atoms with van der Waals surface area (Å²) < 4.78 is 5.99. The van der Waals surface area contributed by atoms with Crippen LogP contribution >= 0.6 is 11.6 Å². The summed E-state index contributed by atoms with van der Waals surface area (Å²) in [6.45, 7) is 4.42. The van der Waals surface area contributed by atoms with Gasteiger partial charge in [0.2, 0.25) is 5.91 Å². The molecule has 0 bridgehead atoms. The van der Waals surface area contributed by atoms with E-state index in [1.807, 2.05) is 42.3 Å². The fourth-order valence-electron chi connectivity index (χ4n) is 2.78. The molecule has 7 nitrogen and oxygen atoms in total. The van der Waals surface area contributed by atoms with Gasteiger partial charge < -0.3 is 19.9 Å². The molecule has 1 amide bonds. The number of ether oxygens (including phenoxy) is 1. The summed E-state index contributed by atoms with van der Waals surface area (Å²) in [5, 5.41) is 3.89. The van der Waals surface area contributed by atoms with Gasteiger partial charge in [-0.05, 0) is 18.6 Å². The van der Waals surface area contributed by atoms with Crippen LogP contribution < -0.4 is 15.0 Å². The van der Waals surface area contributed by atoms with Crippen LogP contribution in [0.4, 0.5) is 11.6 Å². The van der Waals surface area contributed by atoms with Crippen LogP contribution in [0, 0.1) is 0 Å². The number of carbonyl (C=O) groups excluding carboxylic acids is 1. The maximum Gasteiger partial charge on any atom is 0.241 e. The average molecular weight is 390 g/mol. The van der Waals surface area contributed by atoms with Crippen molar-refractivity contribution in [1.29, 1.82) is 0 Å². The van der Waals surface area contributed by atoms with Crippen LogP contribution in [0.3, 0.4) is 0 Å². The minimum atomic E-state index is -0.0477. The smallest absolute Gasteiger partial charge is 0.241 e. The number of benzene rings is 1. The Bertz CT molecular complexity index is 788. The molecule has 2 aromatic rings. The van der Waals surface area contributed by atoms with Crippen molar-refractivity contribution in [1.82, 2.24) is 14.9 Å². The third kappa shape index (κ3) is 5.01. The van der Waals surface area contributed by atoms with Crippen LogP contribution in [0.15, 0.2) is 36.7 Å². The molecule has 0 aliphatic carbocycles. The summed E-state index contributed by atoms with van der Waals surface area (Å²) in [5.41, 5.74) is 0. The highest BCUT2D eigenvalue weighted by Gasteiger charge is 2.22. The number of halogens is 1. The Morgan fingerprint density at radius 2 is 2.11 bits per heavy atom. The lowest BCUT2D eigenvalue weighted by Crippen LogP contribution is -2.48. The highest BCUT2D eigenvalue weighted by Crippen LogP contribution is 2.25. The fraction of sp³-hybridized carbons (Fsp3) is 0.421. The van der Waals surface area contributed by atoms with E-state index in [4.69, 9.17) is 16.3 Å². The molecule has 0 spiro atoms. The second-order valence-electron chi connectivity index (χ2n) is 6.46. The maximum atomic E-state index is 11.9. The first-order valence-electron chi connectivity index (χ1n) is 9.03. The minimum Gasteiger partial charge on any atom is -0.487 e. The van der Waals surface area contributed by atoms with Crippen molar-refractivity contribution in [3.8, 4) is 5.75 Å². The molecule has 1 aromatic heterocycles. The first-order chi connectivity index (χ1) is 13.1. The van der Waals surface area contributed by atoms with Crippen molar-refractivity contribution >= 4 is 29.1 Å². The van der Waals surface area contributed by atoms with E-state index in [0.29, 0.717) is 36.2 Å². The van der Waals surface area contributed by atoms with Crippen LogP contribution in [0.1, 0.15) is 13.3 Å². The molecule has 0 radical (unpaired) electrons. The molecule has 1 fully saturated rings. The Hall–Kier alpha value is -2.54. The Labute approximate surface area is 164 Å². The quantitative estimate of drug-likeness (QED) is 0.785. The Balaban J connectivity index is 1.60. The van der Waals surface area contributed by atoms with E-state index in [1.165, 1.54) is 6.33 Å². The van der Waals surface area contributed by atoms with E-state index in [2.05, 4.69) is 22.2 Å². The zero-order valence-corrected chi connectivity index (χ0v) is 16.3. The lowest BCUT2D eigenvalue weighted by Gasteiger charge is -2.32. The van der Waals surface area contributed by atoms with Gasteiger partial charge >= 0.3 is 0 Å². The number of amides is 1. The van der Waals surface area contributed by atoms with Gasteiger partial charge in [-0.2, -0.15) is 0 Å². The van der Waals surface area contributed by atoms with Crippen LogP contribution in [0.5, 0.6) is 5.75 Å². The molecular weight excluding hydrogens is 366 g/mol. The van der Waals surface area contributed by atoms with Gasteiger partial charge in [-0.1, -0.05) is 30.7 Å². The predicted octanol–water partition coefficient (Wildman–Crippen LogP) is 2.68. The minimum absolute atomic E-state index is 0.0477. The zero-order valence-electron chi connectivity index (χ0n) is 15.6. The second kappa shape index (κ2) is 8.90. The molecule has 1 aliphatic heterocycles. The van der Waals surface area contributed by atoms with Gasteiger partial charge in [0.1, 0.15) is 29.8 Å². The van der Waals surface area contributed by atoms with Gasteiger partial charge in [0.25, 0.3) is 0 Å². The number of nitrogens with zero attached hydrogens (tertiary/aromatic N) is 4. The number of nitrogens with one attached hydrogen (secondary N) is 1. The number of carbonyl (C=O) groups is 1. The van der Waals surface area contributed by atoms with E-state index in [0.717, 1.165) is 18.8 Å². The fourth-order valence-corrected chi connectivity index (χ4v) is 2.96. The number of rotatable bonds is 7. The number of hydrogen-bond donors (Lipinski definition) is 1. The molecule has 0 saturated carbocycles. The summed E-state index contributed by atoms with van der Waals surface area (Å²) in [5.74, 6) is 2.21. The largest absolute Gasteiger partial charge is 0.487 e. The molecule has 2 heterocycles.